The van der Waals surface area contributed by atoms with Gasteiger partial charge in [0.25, 0.3) is 21.9 Å². The molecule has 1 fully saturated rings. The number of hydroxylamine groups is 2. The molecular formula is C13H10INO8S. The number of imide groups is 1. The molecule has 1 heterocycles. The highest BCUT2D eigenvalue weighted by atomic mass is 127. The summed E-state index contributed by atoms with van der Waals surface area (Å²) in [6.07, 6.45) is -0.811. The zero-order valence-electron chi connectivity index (χ0n) is 11.8. The van der Waals surface area contributed by atoms with Gasteiger partial charge in [-0.15, -0.1) is 5.06 Å². The number of benzene rings is 1. The molecule has 1 aliphatic heterocycles. The third-order valence-electron chi connectivity index (χ3n) is 3.16. The lowest BCUT2D eigenvalue weighted by Gasteiger charge is -2.13. The summed E-state index contributed by atoms with van der Waals surface area (Å²) in [6, 6.07) is 5.30. The third-order valence-corrected chi connectivity index (χ3v) is 4.94. The first kappa shape index (κ1) is 18.5. The van der Waals surface area contributed by atoms with Crippen molar-refractivity contribution in [2.75, 3.05) is 4.43 Å². The quantitative estimate of drug-likeness (QED) is 0.216. The number of Topliss-reactive ketones (excluding diaryl/α,β-unsaturated/α-hetero) is 1. The molecule has 0 aliphatic carbocycles. The second-order valence-electron chi connectivity index (χ2n) is 4.75. The predicted molar refractivity (Wildman–Crippen MR) is 86.9 cm³/mol. The van der Waals surface area contributed by atoms with Gasteiger partial charge >= 0.3 is 5.97 Å². The maximum Gasteiger partial charge on any atom is 0.363 e. The molecule has 1 aromatic rings. The van der Waals surface area contributed by atoms with E-state index in [0.29, 0.717) is 5.56 Å². The minimum absolute atomic E-state index is 0.0185. The Morgan fingerprint density at radius 3 is 2.21 bits per heavy atom. The molecule has 0 saturated carbocycles. The Labute approximate surface area is 149 Å². The molecule has 0 spiro atoms. The van der Waals surface area contributed by atoms with Crippen LogP contribution in [-0.4, -0.2) is 51.3 Å². The molecule has 0 bridgehead atoms. The van der Waals surface area contributed by atoms with Crippen molar-refractivity contribution < 1.29 is 37.0 Å². The van der Waals surface area contributed by atoms with Crippen LogP contribution in [0.3, 0.4) is 0 Å². The Bertz CT molecular complexity index is 817. The summed E-state index contributed by atoms with van der Waals surface area (Å²) < 4.78 is 31.1. The average Bonchev–Trinajstić information content (AvgIpc) is 2.82. The lowest BCUT2D eigenvalue weighted by atomic mass is 10.1. The smallest absolute Gasteiger partial charge is 0.325 e. The summed E-state index contributed by atoms with van der Waals surface area (Å²) in [7, 11) is -4.78. The molecule has 0 radical (unpaired) electrons. The van der Waals surface area contributed by atoms with E-state index < -0.39 is 39.6 Å². The number of carbonyl (C=O) groups is 4. The first-order valence-corrected chi connectivity index (χ1v) is 9.42. The third kappa shape index (κ3) is 3.79. The Kier molecular flexibility index (Phi) is 5.35. The van der Waals surface area contributed by atoms with Crippen molar-refractivity contribution in [2.24, 2.45) is 0 Å². The van der Waals surface area contributed by atoms with Gasteiger partial charge in [-0.3, -0.25) is 18.9 Å². The number of amides is 2. The van der Waals surface area contributed by atoms with Gasteiger partial charge in [-0.25, -0.2) is 4.79 Å². The largest absolute Gasteiger partial charge is 0.363 e. The normalized spacial score (nSPS) is 17.9. The fraction of sp³-hybridized carbons (Fsp3) is 0.231. The van der Waals surface area contributed by atoms with Gasteiger partial charge in [-0.05, 0) is 12.1 Å². The average molecular weight is 467 g/mol. The molecule has 0 aromatic heterocycles. The molecule has 11 heteroatoms. The van der Waals surface area contributed by atoms with Gasteiger partial charge in [-0.1, -0.05) is 34.7 Å². The van der Waals surface area contributed by atoms with Crippen LogP contribution in [0.15, 0.2) is 24.3 Å². The lowest BCUT2D eigenvalue weighted by Crippen LogP contribution is -2.36. The minimum Gasteiger partial charge on any atom is -0.325 e. The van der Waals surface area contributed by atoms with E-state index in [1.54, 1.807) is 0 Å². The second kappa shape index (κ2) is 6.94. The fourth-order valence-corrected chi connectivity index (χ4v) is 3.06. The van der Waals surface area contributed by atoms with Crippen LogP contribution < -0.4 is 0 Å². The molecular weight excluding hydrogens is 457 g/mol. The Morgan fingerprint density at radius 1 is 1.21 bits per heavy atom. The Balaban J connectivity index is 2.14. The first-order valence-electron chi connectivity index (χ1n) is 6.39. The van der Waals surface area contributed by atoms with Gasteiger partial charge in [-0.2, -0.15) is 8.42 Å². The number of hydrogen-bond acceptors (Lipinski definition) is 7. The number of hydrogen-bond donors (Lipinski definition) is 1. The van der Waals surface area contributed by atoms with Crippen LogP contribution in [0, 0.1) is 0 Å². The molecule has 1 saturated heterocycles. The van der Waals surface area contributed by atoms with Gasteiger partial charge in [0.15, 0.2) is 11.0 Å². The zero-order valence-corrected chi connectivity index (χ0v) is 14.8. The molecule has 9 nitrogen and oxygen atoms in total. The topological polar surface area (TPSA) is 135 Å². The maximum absolute atomic E-state index is 11.9. The number of ketones is 1. The van der Waals surface area contributed by atoms with Gasteiger partial charge in [0.1, 0.15) is 0 Å². The SMILES string of the molecule is O=C(CI)c1ccc(C(=O)ON2C(=O)CC(S(=O)(=O)O)C2=O)cc1. The standard InChI is InChI=1S/C13H10INO8S/c14-6-9(16)7-1-3-8(4-2-7)13(19)23-15-11(17)5-10(12(15)18)24(20,21)22/h1-4,10H,5-6H2,(H,20,21,22). The Hall–Kier alpha value is -1.86. The van der Waals surface area contributed by atoms with Gasteiger partial charge in [0, 0.05) is 5.56 Å². The van der Waals surface area contributed by atoms with E-state index in [1.807, 2.05) is 22.6 Å². The summed E-state index contributed by atoms with van der Waals surface area (Å²) in [5.41, 5.74) is 0.330. The van der Waals surface area contributed by atoms with E-state index in [-0.39, 0.29) is 20.8 Å². The predicted octanol–water partition coefficient (Wildman–Crippen LogP) is 0.391. The lowest BCUT2D eigenvalue weighted by molar-refractivity contribution is -0.172. The zero-order chi connectivity index (χ0) is 18.1. The highest BCUT2D eigenvalue weighted by molar-refractivity contribution is 14.1. The van der Waals surface area contributed by atoms with E-state index in [2.05, 4.69) is 4.84 Å². The number of nitrogens with zero attached hydrogens (tertiary/aromatic N) is 1. The van der Waals surface area contributed by atoms with Crippen LogP contribution in [0.2, 0.25) is 0 Å². The number of rotatable bonds is 5. The molecule has 24 heavy (non-hydrogen) atoms. The van der Waals surface area contributed by atoms with Crippen molar-refractivity contribution in [1.82, 2.24) is 5.06 Å². The highest BCUT2D eigenvalue weighted by Gasteiger charge is 2.48. The van der Waals surface area contributed by atoms with E-state index in [1.165, 1.54) is 24.3 Å². The van der Waals surface area contributed by atoms with E-state index in [4.69, 9.17) is 4.55 Å². The van der Waals surface area contributed by atoms with Gasteiger partial charge in [0.2, 0.25) is 0 Å². The summed E-state index contributed by atoms with van der Waals surface area (Å²) in [5, 5.41) is -1.97. The number of carbonyl (C=O) groups excluding carboxylic acids is 4. The van der Waals surface area contributed by atoms with Crippen molar-refractivity contribution in [3.63, 3.8) is 0 Å². The van der Waals surface area contributed by atoms with Gasteiger partial charge in [0.05, 0.1) is 16.4 Å². The second-order valence-corrected chi connectivity index (χ2v) is 7.11. The fourth-order valence-electron chi connectivity index (χ4n) is 1.92. The van der Waals surface area contributed by atoms with Crippen LogP contribution in [0.1, 0.15) is 27.1 Å². The summed E-state index contributed by atoms with van der Waals surface area (Å²) in [5.74, 6) is -3.63. The molecule has 1 atom stereocenters. The molecule has 128 valence electrons. The van der Waals surface area contributed by atoms with Crippen LogP contribution in [0.4, 0.5) is 0 Å². The highest BCUT2D eigenvalue weighted by Crippen LogP contribution is 2.20. The van der Waals surface area contributed by atoms with E-state index >= 15 is 0 Å². The maximum atomic E-state index is 11.9. The van der Waals surface area contributed by atoms with Crippen molar-refractivity contribution >= 4 is 56.3 Å². The van der Waals surface area contributed by atoms with Crippen LogP contribution in [0.5, 0.6) is 0 Å². The van der Waals surface area contributed by atoms with Crippen LogP contribution in [0.25, 0.3) is 0 Å². The number of alkyl halides is 1. The van der Waals surface area contributed by atoms with Crippen LogP contribution >= 0.6 is 22.6 Å². The van der Waals surface area contributed by atoms with Crippen molar-refractivity contribution in [3.05, 3.63) is 35.4 Å². The Morgan fingerprint density at radius 2 is 1.75 bits per heavy atom. The van der Waals surface area contributed by atoms with Crippen LogP contribution in [-0.2, 0) is 24.5 Å². The van der Waals surface area contributed by atoms with Gasteiger partial charge < -0.3 is 4.84 Å². The molecule has 1 aliphatic rings. The molecule has 1 aromatic carbocycles. The van der Waals surface area contributed by atoms with Crippen molar-refractivity contribution in [2.45, 2.75) is 11.7 Å². The molecule has 1 unspecified atom stereocenters. The number of halogens is 1. The molecule has 1 N–H and O–H groups in total. The molecule has 2 amide bonds. The van der Waals surface area contributed by atoms with E-state index in [0.717, 1.165) is 0 Å². The first-order chi connectivity index (χ1) is 11.1. The minimum atomic E-state index is -4.78. The summed E-state index contributed by atoms with van der Waals surface area (Å²) in [4.78, 5) is 51.4. The van der Waals surface area contributed by atoms with Crippen molar-refractivity contribution in [1.29, 1.82) is 0 Å². The van der Waals surface area contributed by atoms with Crippen molar-refractivity contribution in [3.8, 4) is 0 Å². The van der Waals surface area contributed by atoms with E-state index in [9.17, 15) is 27.6 Å². The monoisotopic (exact) mass is 467 g/mol. The summed E-state index contributed by atoms with van der Waals surface area (Å²) >= 11 is 1.89. The molecule has 2 rings (SSSR count). The summed E-state index contributed by atoms with van der Waals surface area (Å²) in [6.45, 7) is 0.